The molecule has 146 valence electrons. The van der Waals surface area contributed by atoms with Crippen LogP contribution in [0.3, 0.4) is 0 Å². The molecule has 0 fully saturated rings. The predicted octanol–water partition coefficient (Wildman–Crippen LogP) is 2.18. The number of aliphatic imine (C=N–C) groups is 2. The minimum atomic E-state index is -1.02. The van der Waals surface area contributed by atoms with Crippen LogP contribution in [0.1, 0.15) is 19.5 Å². The normalized spacial score (nSPS) is 20.7. The van der Waals surface area contributed by atoms with Gasteiger partial charge in [0.05, 0.1) is 17.9 Å². The van der Waals surface area contributed by atoms with Gasteiger partial charge >= 0.3 is 0 Å². The van der Waals surface area contributed by atoms with Crippen molar-refractivity contribution in [3.8, 4) is 0 Å². The van der Waals surface area contributed by atoms with Crippen molar-refractivity contribution in [3.05, 3.63) is 48.7 Å². The average Bonchev–Trinajstić information content (AvgIpc) is 3.36. The molecule has 0 saturated carbocycles. The lowest BCUT2D eigenvalue weighted by atomic mass is 10.0. The molecule has 29 heavy (non-hydrogen) atoms. The summed E-state index contributed by atoms with van der Waals surface area (Å²) < 4.78 is 1.81. The first-order chi connectivity index (χ1) is 13.8. The van der Waals surface area contributed by atoms with Crippen LogP contribution in [0.5, 0.6) is 0 Å². The minimum absolute atomic E-state index is 0.0782. The molecule has 3 N–H and O–H groups in total. The van der Waals surface area contributed by atoms with Crippen LogP contribution in [-0.2, 0) is 12.6 Å². The molecule has 0 bridgehead atoms. The van der Waals surface area contributed by atoms with E-state index in [1.807, 2.05) is 37.6 Å². The Morgan fingerprint density at radius 2 is 2.14 bits per heavy atom. The lowest BCUT2D eigenvalue weighted by Gasteiger charge is -2.21. The van der Waals surface area contributed by atoms with Crippen LogP contribution in [0, 0.1) is 0 Å². The highest BCUT2D eigenvalue weighted by Gasteiger charge is 2.43. The number of amidine groups is 1. The molecule has 10 nitrogen and oxygen atoms in total. The fourth-order valence-electron chi connectivity index (χ4n) is 3.49. The second-order valence-corrected chi connectivity index (χ2v) is 7.54. The number of benzene rings is 1. The summed E-state index contributed by atoms with van der Waals surface area (Å²) in [4.78, 5) is 8.80. The maximum Gasteiger partial charge on any atom is 0.287 e. The van der Waals surface area contributed by atoms with Crippen molar-refractivity contribution < 1.29 is 5.11 Å². The highest BCUT2D eigenvalue weighted by atomic mass is 16.3. The standard InChI is InChI=1S/C19H20N9O/c1-19(2,29)17-14-5-4-12(8-15(14)24-25-17)22-18-23-16-10-20-6-7-28(16,26-18)13-9-21-27(3)11-13/h4-11,29H,1-3H3,(H,22,26)(H,24,25)/q+1. The number of aryl methyl sites for hydroxylation is 1. The first-order valence-corrected chi connectivity index (χ1v) is 9.11. The number of anilines is 1. The second-order valence-electron chi connectivity index (χ2n) is 7.54. The average molecular weight is 390 g/mol. The zero-order valence-electron chi connectivity index (χ0n) is 16.2. The van der Waals surface area contributed by atoms with Gasteiger partial charge in [0.2, 0.25) is 5.69 Å². The number of quaternary nitrogens is 1. The fraction of sp³-hybridized carbons (Fsp3) is 0.211. The van der Waals surface area contributed by atoms with E-state index in [1.165, 1.54) is 0 Å². The Labute approximate surface area is 166 Å². The number of nitrogens with zero attached hydrogens (tertiary/aromatic N) is 7. The van der Waals surface area contributed by atoms with E-state index in [-0.39, 0.29) is 4.59 Å². The number of guanidine groups is 1. The molecule has 2 aliphatic heterocycles. The van der Waals surface area contributed by atoms with Crippen LogP contribution < -0.4 is 9.91 Å². The summed E-state index contributed by atoms with van der Waals surface area (Å²) in [5, 5.41) is 30.7. The van der Waals surface area contributed by atoms with Gasteiger partial charge in [-0.05, 0) is 37.1 Å². The van der Waals surface area contributed by atoms with Gasteiger partial charge in [-0.25, -0.2) is 0 Å². The number of nitrogens with one attached hydrogen (secondary N) is 2. The Kier molecular flexibility index (Phi) is 3.57. The minimum Gasteiger partial charge on any atom is -0.384 e. The summed E-state index contributed by atoms with van der Waals surface area (Å²) in [7, 11) is 1.86. The number of hydrogen-bond donors (Lipinski definition) is 3. The summed E-state index contributed by atoms with van der Waals surface area (Å²) in [5.41, 5.74) is 2.07. The summed E-state index contributed by atoms with van der Waals surface area (Å²) in [6, 6.07) is 5.73. The third kappa shape index (κ3) is 2.77. The van der Waals surface area contributed by atoms with Gasteiger partial charge in [0.25, 0.3) is 11.8 Å². The molecule has 0 spiro atoms. The molecule has 1 atom stereocenters. The van der Waals surface area contributed by atoms with Gasteiger partial charge in [-0.3, -0.25) is 14.8 Å². The SMILES string of the molecule is Cn1cc([N+]23C=CN=CC2=NC(Nc2ccc4c(C(C)(C)O)n[nH]c4c2)=N3)cn1. The molecule has 0 saturated heterocycles. The van der Waals surface area contributed by atoms with Crippen LogP contribution >= 0.6 is 0 Å². The molecule has 1 unspecified atom stereocenters. The molecule has 5 rings (SSSR count). The van der Waals surface area contributed by atoms with Crippen LogP contribution in [0.4, 0.5) is 11.4 Å². The molecule has 1 aromatic carbocycles. The van der Waals surface area contributed by atoms with E-state index in [0.717, 1.165) is 22.3 Å². The Morgan fingerprint density at radius 1 is 1.28 bits per heavy atom. The van der Waals surface area contributed by atoms with Gasteiger partial charge in [0.1, 0.15) is 23.7 Å². The topological polar surface area (TPSA) is 116 Å². The molecule has 0 radical (unpaired) electrons. The molecule has 0 amide bonds. The number of rotatable bonds is 3. The van der Waals surface area contributed by atoms with Gasteiger partial charge in [0, 0.05) is 18.1 Å². The van der Waals surface area contributed by atoms with E-state index >= 15 is 0 Å². The van der Waals surface area contributed by atoms with Gasteiger partial charge in [-0.15, -0.1) is 0 Å². The van der Waals surface area contributed by atoms with Crippen molar-refractivity contribution in [2.75, 3.05) is 5.32 Å². The lowest BCUT2D eigenvalue weighted by molar-refractivity contribution is 0.0753. The first kappa shape index (κ1) is 17.5. The van der Waals surface area contributed by atoms with E-state index in [1.54, 1.807) is 37.1 Å². The molecule has 2 aromatic heterocycles. The van der Waals surface area contributed by atoms with Crippen molar-refractivity contribution in [1.82, 2.24) is 24.6 Å². The Balaban J connectivity index is 1.50. The number of aromatic amines is 1. The summed E-state index contributed by atoms with van der Waals surface area (Å²) >= 11 is 0. The summed E-state index contributed by atoms with van der Waals surface area (Å²) in [6.07, 6.45) is 8.92. The van der Waals surface area contributed by atoms with Crippen LogP contribution in [0.15, 0.2) is 58.1 Å². The molecule has 2 aliphatic rings. The van der Waals surface area contributed by atoms with Crippen LogP contribution in [-0.4, -0.2) is 43.1 Å². The third-order valence-electron chi connectivity index (χ3n) is 4.86. The summed E-state index contributed by atoms with van der Waals surface area (Å²) in [6.45, 7) is 3.43. The highest BCUT2D eigenvalue weighted by Crippen LogP contribution is 2.31. The van der Waals surface area contributed by atoms with Gasteiger partial charge in [-0.2, -0.15) is 15.2 Å². The third-order valence-corrected chi connectivity index (χ3v) is 4.86. The van der Waals surface area contributed by atoms with E-state index in [0.29, 0.717) is 17.5 Å². The number of H-pyrrole nitrogens is 1. The second kappa shape index (κ2) is 5.93. The van der Waals surface area contributed by atoms with Crippen molar-refractivity contribution in [2.45, 2.75) is 19.4 Å². The quantitative estimate of drug-likeness (QED) is 0.594. The predicted molar refractivity (Wildman–Crippen MR) is 112 cm³/mol. The zero-order valence-corrected chi connectivity index (χ0v) is 16.2. The number of aliphatic hydroxyl groups is 1. The van der Waals surface area contributed by atoms with Crippen molar-refractivity contribution in [3.63, 3.8) is 0 Å². The van der Waals surface area contributed by atoms with E-state index in [2.05, 4.69) is 30.6 Å². The number of hydrogen-bond acceptors (Lipinski definition) is 7. The molecular weight excluding hydrogens is 370 g/mol. The van der Waals surface area contributed by atoms with Crippen molar-refractivity contribution >= 4 is 40.3 Å². The van der Waals surface area contributed by atoms with Gasteiger partial charge in [0.15, 0.2) is 6.20 Å². The Hall–Kier alpha value is -3.63. The zero-order chi connectivity index (χ0) is 20.2. The van der Waals surface area contributed by atoms with Gasteiger partial charge < -0.3 is 10.4 Å². The fourth-order valence-corrected chi connectivity index (χ4v) is 3.49. The number of fused-ring (bicyclic) bond motifs is 2. The van der Waals surface area contributed by atoms with Gasteiger partial charge in [-0.1, -0.05) is 4.59 Å². The first-order valence-electron chi connectivity index (χ1n) is 9.11. The maximum atomic E-state index is 10.3. The van der Waals surface area contributed by atoms with E-state index < -0.39 is 5.60 Å². The van der Waals surface area contributed by atoms with Crippen molar-refractivity contribution in [1.29, 1.82) is 0 Å². The molecular formula is C19H20N9O+. The molecule has 4 heterocycles. The maximum absolute atomic E-state index is 10.3. The largest absolute Gasteiger partial charge is 0.384 e. The summed E-state index contributed by atoms with van der Waals surface area (Å²) in [5.74, 6) is 1.14. The van der Waals surface area contributed by atoms with E-state index in [9.17, 15) is 5.11 Å². The molecule has 3 aromatic rings. The smallest absolute Gasteiger partial charge is 0.287 e. The van der Waals surface area contributed by atoms with E-state index in [4.69, 9.17) is 5.10 Å². The van der Waals surface area contributed by atoms with Crippen LogP contribution in [0.25, 0.3) is 10.9 Å². The highest BCUT2D eigenvalue weighted by molar-refractivity contribution is 6.38. The number of aromatic nitrogens is 4. The monoisotopic (exact) mass is 390 g/mol. The molecule has 10 heteroatoms. The van der Waals surface area contributed by atoms with Crippen molar-refractivity contribution in [2.24, 2.45) is 22.1 Å². The Bertz CT molecular complexity index is 1240. The lowest BCUT2D eigenvalue weighted by Crippen LogP contribution is -2.44. The van der Waals surface area contributed by atoms with Crippen LogP contribution in [0.2, 0.25) is 0 Å². The Morgan fingerprint density at radius 3 is 2.90 bits per heavy atom. The molecule has 0 aliphatic carbocycles.